The number of hydrogen-bond acceptors (Lipinski definition) is 4. The van der Waals surface area contributed by atoms with Crippen LogP contribution in [0.25, 0.3) is 6.08 Å². The highest BCUT2D eigenvalue weighted by molar-refractivity contribution is 7.92. The molecule has 0 aliphatic carbocycles. The van der Waals surface area contributed by atoms with Crippen LogP contribution in [0.15, 0.2) is 46.6 Å². The predicted molar refractivity (Wildman–Crippen MR) is 69.5 cm³/mol. The molecular formula is C11H10N2O2S2. The number of sulfonamides is 1. The van der Waals surface area contributed by atoms with E-state index in [-0.39, 0.29) is 4.90 Å². The van der Waals surface area contributed by atoms with E-state index in [0.29, 0.717) is 5.82 Å². The van der Waals surface area contributed by atoms with Crippen molar-refractivity contribution in [2.24, 2.45) is 0 Å². The predicted octanol–water partition coefficient (Wildman–Crippen LogP) is 2.59. The summed E-state index contributed by atoms with van der Waals surface area (Å²) in [6.07, 6.45) is 1.60. The normalized spacial score (nSPS) is 11.1. The number of thiazole rings is 1. The molecule has 2 aromatic rings. The third-order valence-electron chi connectivity index (χ3n) is 2.08. The van der Waals surface area contributed by atoms with E-state index in [4.69, 9.17) is 0 Å². The van der Waals surface area contributed by atoms with E-state index in [1.807, 2.05) is 0 Å². The second kappa shape index (κ2) is 4.68. The van der Waals surface area contributed by atoms with Gasteiger partial charge in [-0.25, -0.2) is 13.4 Å². The number of aromatic nitrogens is 1. The highest BCUT2D eigenvalue weighted by Crippen LogP contribution is 2.17. The number of anilines is 1. The molecule has 6 heteroatoms. The fraction of sp³-hybridized carbons (Fsp3) is 0. The summed E-state index contributed by atoms with van der Waals surface area (Å²) in [5, 5.41) is 1.63. The molecule has 0 saturated heterocycles. The lowest BCUT2D eigenvalue weighted by Gasteiger charge is -2.05. The molecule has 1 aromatic carbocycles. The molecule has 1 N–H and O–H groups in total. The smallest absolute Gasteiger partial charge is 0.263 e. The quantitative estimate of drug-likeness (QED) is 0.925. The Kier molecular flexibility index (Phi) is 3.26. The summed E-state index contributed by atoms with van der Waals surface area (Å²) < 4.78 is 26.4. The largest absolute Gasteiger partial charge is 0.263 e. The number of nitrogens with one attached hydrogen (secondary N) is 1. The van der Waals surface area contributed by atoms with Gasteiger partial charge in [-0.05, 0) is 17.7 Å². The Labute approximate surface area is 104 Å². The van der Waals surface area contributed by atoms with E-state index < -0.39 is 10.0 Å². The van der Waals surface area contributed by atoms with Crippen LogP contribution in [0.2, 0.25) is 0 Å². The van der Waals surface area contributed by atoms with Gasteiger partial charge in [0.05, 0.1) is 10.4 Å². The van der Waals surface area contributed by atoms with Crippen LogP contribution in [0.5, 0.6) is 0 Å². The van der Waals surface area contributed by atoms with E-state index in [1.165, 1.54) is 17.4 Å². The van der Waals surface area contributed by atoms with Gasteiger partial charge in [0.1, 0.15) is 0 Å². The van der Waals surface area contributed by atoms with Gasteiger partial charge in [-0.15, -0.1) is 11.3 Å². The molecule has 0 spiro atoms. The van der Waals surface area contributed by atoms with Crippen molar-refractivity contribution >= 4 is 33.3 Å². The molecule has 0 radical (unpaired) electrons. The van der Waals surface area contributed by atoms with Crippen LogP contribution < -0.4 is 4.72 Å². The minimum Gasteiger partial charge on any atom is -0.263 e. The lowest BCUT2D eigenvalue weighted by atomic mass is 10.2. The summed E-state index contributed by atoms with van der Waals surface area (Å²) >= 11 is 1.33. The summed E-state index contributed by atoms with van der Waals surface area (Å²) in [5.41, 5.74) is 2.32. The minimum absolute atomic E-state index is 0.197. The first-order valence-corrected chi connectivity index (χ1v) is 7.18. The molecule has 0 fully saturated rings. The second-order valence-corrected chi connectivity index (χ2v) is 5.66. The molecule has 0 amide bonds. The first kappa shape index (κ1) is 11.8. The maximum absolute atomic E-state index is 12.0. The van der Waals surface area contributed by atoms with E-state index in [1.54, 1.807) is 35.2 Å². The van der Waals surface area contributed by atoms with Gasteiger partial charge in [0, 0.05) is 5.38 Å². The van der Waals surface area contributed by atoms with Gasteiger partial charge in [-0.1, -0.05) is 24.8 Å². The van der Waals surface area contributed by atoms with Gasteiger partial charge < -0.3 is 0 Å². The Morgan fingerprint density at radius 3 is 2.88 bits per heavy atom. The van der Waals surface area contributed by atoms with E-state index >= 15 is 0 Å². The van der Waals surface area contributed by atoms with Gasteiger partial charge in [0.2, 0.25) is 0 Å². The standard InChI is InChI=1S/C11H10N2O2S2/c1-2-9-4-3-5-10(6-9)17(14,15)13-11-7-16-8-12-11/h2-8,13H,1H2. The molecule has 4 nitrogen and oxygen atoms in total. The van der Waals surface area contributed by atoms with Crippen molar-refractivity contribution in [3.63, 3.8) is 0 Å². The highest BCUT2D eigenvalue weighted by atomic mass is 32.2. The number of nitrogens with zero attached hydrogens (tertiary/aromatic N) is 1. The highest BCUT2D eigenvalue weighted by Gasteiger charge is 2.14. The van der Waals surface area contributed by atoms with E-state index in [0.717, 1.165) is 5.56 Å². The summed E-state index contributed by atoms with van der Waals surface area (Å²) in [6.45, 7) is 3.60. The molecule has 2 rings (SSSR count). The van der Waals surface area contributed by atoms with Crippen molar-refractivity contribution in [2.75, 3.05) is 4.72 Å². The lowest BCUT2D eigenvalue weighted by Crippen LogP contribution is -2.13. The number of benzene rings is 1. The van der Waals surface area contributed by atoms with Gasteiger partial charge in [0.25, 0.3) is 10.0 Å². The Bertz CT molecular complexity index is 619. The van der Waals surface area contributed by atoms with Crippen LogP contribution in [-0.2, 0) is 10.0 Å². The molecule has 0 unspecified atom stereocenters. The van der Waals surface area contributed by atoms with Crippen molar-refractivity contribution in [3.05, 3.63) is 47.3 Å². The fourth-order valence-corrected chi connectivity index (χ4v) is 2.88. The van der Waals surface area contributed by atoms with Crippen LogP contribution >= 0.6 is 11.3 Å². The van der Waals surface area contributed by atoms with Gasteiger partial charge >= 0.3 is 0 Å². The molecule has 1 aromatic heterocycles. The van der Waals surface area contributed by atoms with E-state index in [9.17, 15) is 8.42 Å². The zero-order chi connectivity index (χ0) is 12.3. The van der Waals surface area contributed by atoms with E-state index in [2.05, 4.69) is 16.3 Å². The first-order valence-electron chi connectivity index (χ1n) is 4.75. The zero-order valence-corrected chi connectivity index (χ0v) is 10.5. The molecule has 0 saturated carbocycles. The van der Waals surface area contributed by atoms with Gasteiger partial charge in [-0.3, -0.25) is 4.72 Å². The number of hydrogen-bond donors (Lipinski definition) is 1. The number of rotatable bonds is 4. The second-order valence-electron chi connectivity index (χ2n) is 3.26. The Morgan fingerprint density at radius 2 is 2.24 bits per heavy atom. The third-order valence-corrected chi connectivity index (χ3v) is 4.01. The molecule has 0 aliphatic heterocycles. The van der Waals surface area contributed by atoms with Crippen molar-refractivity contribution in [1.82, 2.24) is 4.98 Å². The van der Waals surface area contributed by atoms with Gasteiger partial charge in [0.15, 0.2) is 5.82 Å². The average Bonchev–Trinajstić information content (AvgIpc) is 2.81. The molecule has 0 aliphatic rings. The van der Waals surface area contributed by atoms with Gasteiger partial charge in [-0.2, -0.15) is 0 Å². The summed E-state index contributed by atoms with van der Waals surface area (Å²) in [6, 6.07) is 6.55. The van der Waals surface area contributed by atoms with Crippen molar-refractivity contribution in [3.8, 4) is 0 Å². The van der Waals surface area contributed by atoms with Crippen molar-refractivity contribution < 1.29 is 8.42 Å². The maximum Gasteiger partial charge on any atom is 0.263 e. The van der Waals surface area contributed by atoms with Crippen LogP contribution in [0, 0.1) is 0 Å². The Morgan fingerprint density at radius 1 is 1.41 bits per heavy atom. The summed E-state index contributed by atoms with van der Waals surface area (Å²) in [7, 11) is -3.57. The third kappa shape index (κ3) is 2.72. The lowest BCUT2D eigenvalue weighted by molar-refractivity contribution is 0.601. The first-order chi connectivity index (χ1) is 8.12. The Balaban J connectivity index is 2.34. The topological polar surface area (TPSA) is 59.1 Å². The SMILES string of the molecule is C=Cc1cccc(S(=O)(=O)Nc2cscn2)c1. The van der Waals surface area contributed by atoms with Crippen LogP contribution in [-0.4, -0.2) is 13.4 Å². The Hall–Kier alpha value is -1.66. The van der Waals surface area contributed by atoms with Crippen LogP contribution in [0.1, 0.15) is 5.56 Å². The summed E-state index contributed by atoms with van der Waals surface area (Å²) in [5.74, 6) is 0.332. The monoisotopic (exact) mass is 266 g/mol. The average molecular weight is 266 g/mol. The maximum atomic E-state index is 12.0. The molecule has 17 heavy (non-hydrogen) atoms. The molecule has 0 atom stereocenters. The van der Waals surface area contributed by atoms with Crippen molar-refractivity contribution in [2.45, 2.75) is 4.90 Å². The van der Waals surface area contributed by atoms with Crippen LogP contribution in [0.3, 0.4) is 0 Å². The molecule has 0 bridgehead atoms. The van der Waals surface area contributed by atoms with Crippen LogP contribution in [0.4, 0.5) is 5.82 Å². The van der Waals surface area contributed by atoms with Crippen molar-refractivity contribution in [1.29, 1.82) is 0 Å². The molecule has 88 valence electrons. The summed E-state index contributed by atoms with van der Waals surface area (Å²) in [4.78, 5) is 4.07. The molecule has 1 heterocycles. The molecular weight excluding hydrogens is 256 g/mol. The zero-order valence-electron chi connectivity index (χ0n) is 8.83. The fourth-order valence-electron chi connectivity index (χ4n) is 1.27. The minimum atomic E-state index is -3.57.